The molecule has 21 heavy (non-hydrogen) atoms. The maximum Gasteiger partial charge on any atom is 0.303 e. The SMILES string of the molecule is O=C(O)CCCNC(=O)c1ccc(NC(=O)C2CC2)cc1. The molecule has 1 fully saturated rings. The van der Waals surface area contributed by atoms with Gasteiger partial charge in [-0.25, -0.2) is 0 Å². The minimum Gasteiger partial charge on any atom is -0.481 e. The number of nitrogens with one attached hydrogen (secondary N) is 2. The Balaban J connectivity index is 1.78. The molecule has 2 rings (SSSR count). The molecule has 1 aliphatic rings. The molecule has 0 radical (unpaired) electrons. The first kappa shape index (κ1) is 15.0. The average Bonchev–Trinajstić information content (AvgIpc) is 3.28. The summed E-state index contributed by atoms with van der Waals surface area (Å²) in [6.07, 6.45) is 2.33. The molecule has 0 aromatic heterocycles. The van der Waals surface area contributed by atoms with Crippen LogP contribution in [0.1, 0.15) is 36.0 Å². The van der Waals surface area contributed by atoms with Crippen LogP contribution in [0.4, 0.5) is 5.69 Å². The smallest absolute Gasteiger partial charge is 0.303 e. The van der Waals surface area contributed by atoms with E-state index in [1.807, 2.05) is 0 Å². The fourth-order valence-corrected chi connectivity index (χ4v) is 1.84. The number of carboxylic acids is 1. The van der Waals surface area contributed by atoms with Crippen molar-refractivity contribution in [1.82, 2.24) is 5.32 Å². The quantitative estimate of drug-likeness (QED) is 0.665. The zero-order valence-corrected chi connectivity index (χ0v) is 11.6. The standard InChI is InChI=1S/C15H18N2O4/c18-13(19)2-1-9-16-14(20)10-5-7-12(8-6-10)17-15(21)11-3-4-11/h5-8,11H,1-4,9H2,(H,16,20)(H,17,21)(H,18,19). The van der Waals surface area contributed by atoms with Crippen molar-refractivity contribution in [1.29, 1.82) is 0 Å². The zero-order chi connectivity index (χ0) is 15.2. The first-order valence-electron chi connectivity index (χ1n) is 6.97. The van der Waals surface area contributed by atoms with Gasteiger partial charge in [-0.3, -0.25) is 14.4 Å². The highest BCUT2D eigenvalue weighted by Crippen LogP contribution is 2.30. The van der Waals surface area contributed by atoms with Gasteiger partial charge >= 0.3 is 5.97 Å². The summed E-state index contributed by atoms with van der Waals surface area (Å²) in [6.45, 7) is 0.325. The lowest BCUT2D eigenvalue weighted by Crippen LogP contribution is -2.24. The maximum absolute atomic E-state index is 11.8. The molecule has 1 aliphatic carbocycles. The fraction of sp³-hybridized carbons (Fsp3) is 0.400. The van der Waals surface area contributed by atoms with Gasteiger partial charge in [0.2, 0.25) is 5.91 Å². The second kappa shape index (κ2) is 6.88. The van der Waals surface area contributed by atoms with E-state index >= 15 is 0 Å². The van der Waals surface area contributed by atoms with E-state index in [-0.39, 0.29) is 24.2 Å². The number of hydrogen-bond acceptors (Lipinski definition) is 3. The number of hydrogen-bond donors (Lipinski definition) is 3. The van der Waals surface area contributed by atoms with Gasteiger partial charge in [0.15, 0.2) is 0 Å². The third-order valence-electron chi connectivity index (χ3n) is 3.22. The molecule has 2 amide bonds. The van der Waals surface area contributed by atoms with Crippen LogP contribution in [0.5, 0.6) is 0 Å². The maximum atomic E-state index is 11.8. The van der Waals surface area contributed by atoms with E-state index in [1.165, 1.54) is 0 Å². The highest BCUT2D eigenvalue weighted by atomic mass is 16.4. The third kappa shape index (κ3) is 4.91. The van der Waals surface area contributed by atoms with Crippen LogP contribution in [0, 0.1) is 5.92 Å². The largest absolute Gasteiger partial charge is 0.481 e. The van der Waals surface area contributed by atoms with Gasteiger partial charge in [0.25, 0.3) is 5.91 Å². The Morgan fingerprint density at radius 2 is 1.81 bits per heavy atom. The summed E-state index contributed by atoms with van der Waals surface area (Å²) in [7, 11) is 0. The van der Waals surface area contributed by atoms with Crippen molar-refractivity contribution < 1.29 is 19.5 Å². The number of amides is 2. The number of benzene rings is 1. The highest BCUT2D eigenvalue weighted by molar-refractivity contribution is 5.96. The monoisotopic (exact) mass is 290 g/mol. The number of carbonyl (C=O) groups excluding carboxylic acids is 2. The van der Waals surface area contributed by atoms with Gasteiger partial charge in [-0.15, -0.1) is 0 Å². The molecule has 0 spiro atoms. The van der Waals surface area contributed by atoms with Crippen LogP contribution in [0.15, 0.2) is 24.3 Å². The van der Waals surface area contributed by atoms with Crippen molar-refractivity contribution in [3.63, 3.8) is 0 Å². The number of aliphatic carboxylic acids is 1. The summed E-state index contributed by atoms with van der Waals surface area (Å²) >= 11 is 0. The molecule has 0 atom stereocenters. The molecule has 1 aromatic rings. The number of carbonyl (C=O) groups is 3. The molecule has 0 aliphatic heterocycles. The summed E-state index contributed by atoms with van der Waals surface area (Å²) in [5.74, 6) is -0.955. The molecular weight excluding hydrogens is 272 g/mol. The van der Waals surface area contributed by atoms with Crippen LogP contribution in [0.2, 0.25) is 0 Å². The average molecular weight is 290 g/mol. The van der Waals surface area contributed by atoms with Crippen molar-refractivity contribution in [2.45, 2.75) is 25.7 Å². The van der Waals surface area contributed by atoms with E-state index in [1.54, 1.807) is 24.3 Å². The lowest BCUT2D eigenvalue weighted by atomic mass is 10.2. The van der Waals surface area contributed by atoms with E-state index < -0.39 is 5.97 Å². The van der Waals surface area contributed by atoms with E-state index in [2.05, 4.69) is 10.6 Å². The normalized spacial score (nSPS) is 13.5. The lowest BCUT2D eigenvalue weighted by molar-refractivity contribution is -0.137. The van der Waals surface area contributed by atoms with E-state index in [4.69, 9.17) is 5.11 Å². The van der Waals surface area contributed by atoms with Crippen molar-refractivity contribution in [3.05, 3.63) is 29.8 Å². The Labute approximate surface area is 122 Å². The summed E-state index contributed by atoms with van der Waals surface area (Å²) in [5, 5.41) is 13.9. The van der Waals surface area contributed by atoms with Crippen molar-refractivity contribution in [3.8, 4) is 0 Å². The van der Waals surface area contributed by atoms with Crippen LogP contribution in [0.25, 0.3) is 0 Å². The van der Waals surface area contributed by atoms with E-state index in [9.17, 15) is 14.4 Å². The molecule has 0 unspecified atom stereocenters. The number of anilines is 1. The highest BCUT2D eigenvalue weighted by Gasteiger charge is 2.29. The van der Waals surface area contributed by atoms with Gasteiger partial charge in [0, 0.05) is 30.1 Å². The van der Waals surface area contributed by atoms with Crippen LogP contribution in [-0.2, 0) is 9.59 Å². The molecule has 1 aromatic carbocycles. The Bertz CT molecular complexity index is 535. The lowest BCUT2D eigenvalue weighted by Gasteiger charge is -2.07. The van der Waals surface area contributed by atoms with Gasteiger partial charge in [0.1, 0.15) is 0 Å². The van der Waals surface area contributed by atoms with Crippen LogP contribution in [-0.4, -0.2) is 29.4 Å². The number of rotatable bonds is 7. The first-order valence-corrected chi connectivity index (χ1v) is 6.97. The molecule has 112 valence electrons. The fourth-order valence-electron chi connectivity index (χ4n) is 1.84. The number of carboxylic acid groups (broad SMARTS) is 1. The van der Waals surface area contributed by atoms with Gasteiger partial charge in [-0.2, -0.15) is 0 Å². The van der Waals surface area contributed by atoms with Crippen molar-refractivity contribution in [2.75, 3.05) is 11.9 Å². The molecule has 1 saturated carbocycles. The third-order valence-corrected chi connectivity index (χ3v) is 3.22. The minimum absolute atomic E-state index is 0.0286. The summed E-state index contributed by atoms with van der Waals surface area (Å²) in [4.78, 5) is 33.7. The molecule has 0 saturated heterocycles. The predicted octanol–water partition coefficient (Wildman–Crippen LogP) is 1.63. The minimum atomic E-state index is -0.875. The van der Waals surface area contributed by atoms with Crippen LogP contribution >= 0.6 is 0 Å². The van der Waals surface area contributed by atoms with E-state index in [0.29, 0.717) is 24.2 Å². The second-order valence-electron chi connectivity index (χ2n) is 5.09. The summed E-state index contributed by atoms with van der Waals surface area (Å²) in [6, 6.07) is 6.64. The van der Waals surface area contributed by atoms with Gasteiger partial charge in [0.05, 0.1) is 0 Å². The van der Waals surface area contributed by atoms with Crippen LogP contribution in [0.3, 0.4) is 0 Å². The molecule has 0 bridgehead atoms. The topological polar surface area (TPSA) is 95.5 Å². The van der Waals surface area contributed by atoms with Gasteiger partial charge in [-0.05, 0) is 43.5 Å². The Hall–Kier alpha value is -2.37. The molecule has 3 N–H and O–H groups in total. The Morgan fingerprint density at radius 3 is 2.38 bits per heavy atom. The van der Waals surface area contributed by atoms with Crippen molar-refractivity contribution in [2.24, 2.45) is 5.92 Å². The predicted molar refractivity (Wildman–Crippen MR) is 77.0 cm³/mol. The second-order valence-corrected chi connectivity index (χ2v) is 5.09. The summed E-state index contributed by atoms with van der Waals surface area (Å²) in [5.41, 5.74) is 1.16. The van der Waals surface area contributed by atoms with E-state index in [0.717, 1.165) is 12.8 Å². The zero-order valence-electron chi connectivity index (χ0n) is 11.6. The van der Waals surface area contributed by atoms with Gasteiger partial charge in [-0.1, -0.05) is 0 Å². The Kier molecular flexibility index (Phi) is 4.92. The van der Waals surface area contributed by atoms with Gasteiger partial charge < -0.3 is 15.7 Å². The molecule has 6 nitrogen and oxygen atoms in total. The summed E-state index contributed by atoms with van der Waals surface area (Å²) < 4.78 is 0. The molecule has 0 heterocycles. The molecular formula is C15H18N2O4. The van der Waals surface area contributed by atoms with Crippen LogP contribution < -0.4 is 10.6 Å². The molecule has 6 heteroatoms. The first-order chi connectivity index (χ1) is 10.1. The van der Waals surface area contributed by atoms with Crippen molar-refractivity contribution >= 4 is 23.5 Å². The Morgan fingerprint density at radius 1 is 1.14 bits per heavy atom.